The fourth-order valence-electron chi connectivity index (χ4n) is 2.29. The molecule has 2 heterocycles. The number of ketones is 1. The van der Waals surface area contributed by atoms with Gasteiger partial charge < -0.3 is 9.47 Å². The summed E-state index contributed by atoms with van der Waals surface area (Å²) in [5.41, 5.74) is 0.627. The molecule has 0 aliphatic carbocycles. The van der Waals surface area contributed by atoms with Crippen molar-refractivity contribution in [2.75, 3.05) is 13.2 Å². The molecule has 4 heteroatoms. The fourth-order valence-corrected chi connectivity index (χ4v) is 2.29. The lowest BCUT2D eigenvalue weighted by Crippen LogP contribution is -2.20. The van der Waals surface area contributed by atoms with E-state index in [4.69, 9.17) is 9.47 Å². The van der Waals surface area contributed by atoms with E-state index in [2.05, 4.69) is 4.98 Å². The van der Waals surface area contributed by atoms with Crippen LogP contribution in [-0.4, -0.2) is 30.1 Å². The van der Waals surface area contributed by atoms with Gasteiger partial charge in [-0.15, -0.1) is 0 Å². The summed E-state index contributed by atoms with van der Waals surface area (Å²) in [6.07, 6.45) is 8.23. The lowest BCUT2D eigenvalue weighted by molar-refractivity contribution is 0.0104. The predicted molar refractivity (Wildman–Crippen MR) is 72.6 cm³/mol. The van der Waals surface area contributed by atoms with E-state index in [1.54, 1.807) is 18.5 Å². The minimum Gasteiger partial charge on any atom is -0.492 e. The van der Waals surface area contributed by atoms with E-state index < -0.39 is 0 Å². The first-order chi connectivity index (χ1) is 9.29. The molecule has 1 aliphatic rings. The molecule has 0 spiro atoms. The molecule has 1 atom stereocenters. The Morgan fingerprint density at radius 1 is 1.47 bits per heavy atom. The Hall–Kier alpha value is -1.42. The van der Waals surface area contributed by atoms with Gasteiger partial charge in [-0.2, -0.15) is 0 Å². The van der Waals surface area contributed by atoms with Gasteiger partial charge in [0.15, 0.2) is 5.78 Å². The third kappa shape index (κ3) is 4.31. The highest BCUT2D eigenvalue weighted by Crippen LogP contribution is 2.19. The van der Waals surface area contributed by atoms with E-state index in [-0.39, 0.29) is 11.9 Å². The van der Waals surface area contributed by atoms with Gasteiger partial charge in [-0.1, -0.05) is 0 Å². The minimum absolute atomic E-state index is 0.114. The van der Waals surface area contributed by atoms with Gasteiger partial charge in [0.2, 0.25) is 0 Å². The number of hydrogen-bond acceptors (Lipinski definition) is 4. The smallest absolute Gasteiger partial charge is 0.164 e. The Bertz CT molecular complexity index is 414. The van der Waals surface area contributed by atoms with Gasteiger partial charge in [-0.05, 0) is 38.7 Å². The standard InChI is InChI=1S/C15H21NO3/c1-2-18-14-9-12(10-16-11-14)15(17)7-6-13-5-3-4-8-19-13/h9-11,13H,2-8H2,1H3. The topological polar surface area (TPSA) is 48.4 Å². The zero-order chi connectivity index (χ0) is 13.5. The van der Waals surface area contributed by atoms with Crippen LogP contribution in [0.25, 0.3) is 0 Å². The summed E-state index contributed by atoms with van der Waals surface area (Å²) in [5.74, 6) is 0.769. The Balaban J connectivity index is 1.86. The number of rotatable bonds is 6. The van der Waals surface area contributed by atoms with Crippen LogP contribution in [-0.2, 0) is 4.74 Å². The zero-order valence-corrected chi connectivity index (χ0v) is 11.4. The normalized spacial score (nSPS) is 19.1. The van der Waals surface area contributed by atoms with Crippen molar-refractivity contribution >= 4 is 5.78 Å². The molecule has 1 fully saturated rings. The third-order valence-electron chi connectivity index (χ3n) is 3.31. The van der Waals surface area contributed by atoms with Gasteiger partial charge in [0, 0.05) is 24.8 Å². The number of Topliss-reactive ketones (excluding diaryl/α,β-unsaturated/α-hetero) is 1. The second-order valence-electron chi connectivity index (χ2n) is 4.79. The number of ether oxygens (including phenoxy) is 2. The molecule has 1 aliphatic heterocycles. The monoisotopic (exact) mass is 263 g/mol. The molecule has 0 amide bonds. The van der Waals surface area contributed by atoms with Crippen LogP contribution in [0.3, 0.4) is 0 Å². The van der Waals surface area contributed by atoms with Crippen LogP contribution in [0.2, 0.25) is 0 Å². The summed E-state index contributed by atoms with van der Waals surface area (Å²) < 4.78 is 11.0. The van der Waals surface area contributed by atoms with Crippen LogP contribution in [0.4, 0.5) is 0 Å². The Kier molecular flexibility index (Phi) is 5.33. The first-order valence-electron chi connectivity index (χ1n) is 7.02. The van der Waals surface area contributed by atoms with Crippen molar-refractivity contribution in [3.8, 4) is 5.75 Å². The first-order valence-corrected chi connectivity index (χ1v) is 7.02. The molecular weight excluding hydrogens is 242 g/mol. The maximum atomic E-state index is 12.1. The van der Waals surface area contributed by atoms with Crippen molar-refractivity contribution < 1.29 is 14.3 Å². The van der Waals surface area contributed by atoms with Crippen molar-refractivity contribution in [1.82, 2.24) is 4.98 Å². The molecule has 0 radical (unpaired) electrons. The lowest BCUT2D eigenvalue weighted by atomic mass is 10.0. The second kappa shape index (κ2) is 7.24. The molecule has 0 aromatic carbocycles. The van der Waals surface area contributed by atoms with E-state index >= 15 is 0 Å². The third-order valence-corrected chi connectivity index (χ3v) is 3.31. The van der Waals surface area contributed by atoms with Crippen LogP contribution >= 0.6 is 0 Å². The van der Waals surface area contributed by atoms with Crippen LogP contribution < -0.4 is 4.74 Å². The van der Waals surface area contributed by atoms with Crippen molar-refractivity contribution in [2.45, 2.75) is 45.1 Å². The highest BCUT2D eigenvalue weighted by atomic mass is 16.5. The summed E-state index contributed by atoms with van der Waals surface area (Å²) in [4.78, 5) is 16.1. The van der Waals surface area contributed by atoms with Gasteiger partial charge in [0.25, 0.3) is 0 Å². The van der Waals surface area contributed by atoms with Crippen LogP contribution in [0.1, 0.15) is 49.4 Å². The molecule has 2 rings (SSSR count). The van der Waals surface area contributed by atoms with E-state index in [0.29, 0.717) is 24.3 Å². The quantitative estimate of drug-likeness (QED) is 0.740. The Morgan fingerprint density at radius 3 is 3.11 bits per heavy atom. The maximum absolute atomic E-state index is 12.1. The van der Waals surface area contributed by atoms with Gasteiger partial charge >= 0.3 is 0 Å². The summed E-state index contributed by atoms with van der Waals surface area (Å²) in [6.45, 7) is 3.32. The van der Waals surface area contributed by atoms with Crippen molar-refractivity contribution in [1.29, 1.82) is 0 Å². The molecule has 1 aromatic rings. The van der Waals surface area contributed by atoms with Crippen molar-refractivity contribution in [3.63, 3.8) is 0 Å². The van der Waals surface area contributed by atoms with E-state index in [1.165, 1.54) is 6.42 Å². The zero-order valence-electron chi connectivity index (χ0n) is 11.4. The molecular formula is C15H21NO3. The average Bonchev–Trinajstić information content (AvgIpc) is 2.46. The summed E-state index contributed by atoms with van der Waals surface area (Å²) in [6, 6.07) is 1.76. The molecule has 0 saturated carbocycles. The van der Waals surface area contributed by atoms with Gasteiger partial charge in [0.05, 0.1) is 18.9 Å². The summed E-state index contributed by atoms with van der Waals surface area (Å²) in [7, 11) is 0. The summed E-state index contributed by atoms with van der Waals surface area (Å²) in [5, 5.41) is 0. The van der Waals surface area contributed by atoms with Crippen LogP contribution in [0.15, 0.2) is 18.5 Å². The molecule has 1 saturated heterocycles. The van der Waals surface area contributed by atoms with Gasteiger partial charge in [-0.25, -0.2) is 0 Å². The molecule has 0 bridgehead atoms. The highest BCUT2D eigenvalue weighted by Gasteiger charge is 2.16. The lowest BCUT2D eigenvalue weighted by Gasteiger charge is -2.22. The van der Waals surface area contributed by atoms with Gasteiger partial charge in [-0.3, -0.25) is 9.78 Å². The molecule has 19 heavy (non-hydrogen) atoms. The number of pyridine rings is 1. The van der Waals surface area contributed by atoms with E-state index in [1.807, 2.05) is 6.92 Å². The molecule has 1 aromatic heterocycles. The highest BCUT2D eigenvalue weighted by molar-refractivity contribution is 5.96. The first kappa shape index (κ1) is 14.0. The number of aromatic nitrogens is 1. The number of nitrogens with zero attached hydrogens (tertiary/aromatic N) is 1. The van der Waals surface area contributed by atoms with Crippen molar-refractivity contribution in [2.24, 2.45) is 0 Å². The molecule has 0 N–H and O–H groups in total. The van der Waals surface area contributed by atoms with Crippen LogP contribution in [0, 0.1) is 0 Å². The van der Waals surface area contributed by atoms with E-state index in [9.17, 15) is 4.79 Å². The maximum Gasteiger partial charge on any atom is 0.164 e. The average molecular weight is 263 g/mol. The number of carbonyl (C=O) groups excluding carboxylic acids is 1. The second-order valence-corrected chi connectivity index (χ2v) is 4.79. The fraction of sp³-hybridized carbons (Fsp3) is 0.600. The minimum atomic E-state index is 0.114. The number of carbonyl (C=O) groups is 1. The molecule has 4 nitrogen and oxygen atoms in total. The van der Waals surface area contributed by atoms with Crippen molar-refractivity contribution in [3.05, 3.63) is 24.0 Å². The predicted octanol–water partition coefficient (Wildman–Crippen LogP) is 3.01. The largest absolute Gasteiger partial charge is 0.492 e. The Morgan fingerprint density at radius 2 is 2.37 bits per heavy atom. The SMILES string of the molecule is CCOc1cncc(C(=O)CCC2CCCCO2)c1. The Labute approximate surface area is 114 Å². The molecule has 104 valence electrons. The van der Waals surface area contributed by atoms with E-state index in [0.717, 1.165) is 25.9 Å². The van der Waals surface area contributed by atoms with Crippen LogP contribution in [0.5, 0.6) is 5.75 Å². The van der Waals surface area contributed by atoms with Gasteiger partial charge in [0.1, 0.15) is 5.75 Å². The summed E-state index contributed by atoms with van der Waals surface area (Å²) >= 11 is 0. The number of hydrogen-bond donors (Lipinski definition) is 0. The molecule has 1 unspecified atom stereocenters.